The van der Waals surface area contributed by atoms with E-state index >= 15 is 0 Å². The molecular formula is C10H26O5Si3. The Hall–Kier alpha value is 0.451. The van der Waals surface area contributed by atoms with Crippen molar-refractivity contribution in [2.75, 3.05) is 13.2 Å². The van der Waals surface area contributed by atoms with Gasteiger partial charge in [-0.15, -0.1) is 0 Å². The minimum atomic E-state index is -3.00. The summed E-state index contributed by atoms with van der Waals surface area (Å²) in [5.74, 6) is 0. The van der Waals surface area contributed by atoms with E-state index in [-0.39, 0.29) is 0 Å². The van der Waals surface area contributed by atoms with E-state index in [0.717, 1.165) is 12.8 Å². The Morgan fingerprint density at radius 3 is 1.44 bits per heavy atom. The quantitative estimate of drug-likeness (QED) is 0.706. The van der Waals surface area contributed by atoms with Crippen molar-refractivity contribution >= 4 is 26.2 Å². The molecule has 0 saturated carbocycles. The second-order valence-corrected chi connectivity index (χ2v) is 14.9. The molecule has 0 aromatic carbocycles. The van der Waals surface area contributed by atoms with Gasteiger partial charge in [0.15, 0.2) is 0 Å². The van der Waals surface area contributed by atoms with Crippen molar-refractivity contribution in [3.63, 3.8) is 0 Å². The van der Waals surface area contributed by atoms with Crippen molar-refractivity contribution in [3.05, 3.63) is 0 Å². The zero-order valence-electron chi connectivity index (χ0n) is 12.4. The first kappa shape index (κ1) is 16.5. The molecular weight excluding hydrogens is 284 g/mol. The van der Waals surface area contributed by atoms with Crippen LogP contribution < -0.4 is 0 Å². The first-order chi connectivity index (χ1) is 8.24. The molecule has 1 heterocycles. The van der Waals surface area contributed by atoms with Gasteiger partial charge in [-0.25, -0.2) is 0 Å². The highest BCUT2D eigenvalue weighted by molar-refractivity contribution is 6.89. The van der Waals surface area contributed by atoms with Gasteiger partial charge in [-0.2, -0.15) is 0 Å². The highest BCUT2D eigenvalue weighted by Gasteiger charge is 2.60. The van der Waals surface area contributed by atoms with Crippen LogP contribution >= 0.6 is 0 Å². The second kappa shape index (κ2) is 6.27. The topological polar surface area (TPSA) is 46.2 Å². The molecule has 0 N–H and O–H groups in total. The van der Waals surface area contributed by atoms with Crippen molar-refractivity contribution in [2.45, 2.75) is 52.9 Å². The van der Waals surface area contributed by atoms with Crippen LogP contribution in [0.25, 0.3) is 0 Å². The molecule has 8 heteroatoms. The van der Waals surface area contributed by atoms with E-state index in [1.165, 1.54) is 0 Å². The molecule has 0 aliphatic carbocycles. The van der Waals surface area contributed by atoms with Crippen LogP contribution in [0.2, 0.25) is 26.2 Å². The third-order valence-corrected chi connectivity index (χ3v) is 13.2. The molecule has 108 valence electrons. The fraction of sp³-hybridized carbons (Fsp3) is 1.00. The van der Waals surface area contributed by atoms with Crippen LogP contribution in [0.4, 0.5) is 0 Å². The van der Waals surface area contributed by atoms with E-state index in [0.29, 0.717) is 13.2 Å². The Morgan fingerprint density at radius 2 is 1.11 bits per heavy atom. The smallest absolute Gasteiger partial charge is 0.416 e. The van der Waals surface area contributed by atoms with Gasteiger partial charge < -0.3 is 21.2 Å². The van der Waals surface area contributed by atoms with Crippen LogP contribution in [0.3, 0.4) is 0 Å². The van der Waals surface area contributed by atoms with Crippen molar-refractivity contribution in [3.8, 4) is 0 Å². The lowest BCUT2D eigenvalue weighted by Crippen LogP contribution is -2.69. The molecule has 0 aromatic heterocycles. The van der Waals surface area contributed by atoms with Crippen LogP contribution in [-0.4, -0.2) is 39.4 Å². The molecule has 0 bridgehead atoms. The second-order valence-electron chi connectivity index (χ2n) is 5.30. The van der Waals surface area contributed by atoms with E-state index < -0.39 is 26.2 Å². The maximum Gasteiger partial charge on any atom is 0.661 e. The molecule has 0 radical (unpaired) electrons. The zero-order valence-corrected chi connectivity index (χ0v) is 15.4. The number of rotatable bonds is 6. The van der Waals surface area contributed by atoms with Crippen LogP contribution in [0.1, 0.15) is 26.7 Å². The highest BCUT2D eigenvalue weighted by Crippen LogP contribution is 2.32. The van der Waals surface area contributed by atoms with Crippen LogP contribution in [0, 0.1) is 0 Å². The van der Waals surface area contributed by atoms with Gasteiger partial charge in [0.25, 0.3) is 0 Å². The maximum atomic E-state index is 6.02. The van der Waals surface area contributed by atoms with Gasteiger partial charge in [0.2, 0.25) is 0 Å². The molecule has 18 heavy (non-hydrogen) atoms. The summed E-state index contributed by atoms with van der Waals surface area (Å²) in [4.78, 5) is 0. The van der Waals surface area contributed by atoms with E-state index in [1.54, 1.807) is 0 Å². The van der Waals surface area contributed by atoms with Crippen LogP contribution in [-0.2, 0) is 21.2 Å². The van der Waals surface area contributed by atoms with Gasteiger partial charge in [-0.1, -0.05) is 13.8 Å². The van der Waals surface area contributed by atoms with Gasteiger partial charge >= 0.3 is 26.2 Å². The number of hydrogen-bond acceptors (Lipinski definition) is 5. The Kier molecular flexibility index (Phi) is 5.75. The van der Waals surface area contributed by atoms with E-state index in [2.05, 4.69) is 13.8 Å². The van der Waals surface area contributed by atoms with E-state index in [9.17, 15) is 0 Å². The lowest BCUT2D eigenvalue weighted by molar-refractivity contribution is 0.00749. The molecule has 0 aromatic rings. The molecule has 1 fully saturated rings. The van der Waals surface area contributed by atoms with Gasteiger partial charge in [0, 0.05) is 13.2 Å². The molecule has 5 nitrogen and oxygen atoms in total. The molecule has 0 unspecified atom stereocenters. The normalized spacial score (nSPS) is 25.0. The van der Waals surface area contributed by atoms with Crippen molar-refractivity contribution < 1.29 is 21.2 Å². The Labute approximate surface area is 114 Å². The average molecular weight is 311 g/mol. The summed E-state index contributed by atoms with van der Waals surface area (Å²) in [7, 11) is -7.42. The first-order valence-corrected chi connectivity index (χ1v) is 13.9. The Bertz CT molecular complexity index is 246. The predicted octanol–water partition coefficient (Wildman–Crippen LogP) is 2.74. The third kappa shape index (κ3) is 4.85. The minimum Gasteiger partial charge on any atom is -0.416 e. The summed E-state index contributed by atoms with van der Waals surface area (Å²) in [6.07, 6.45) is 1.84. The van der Waals surface area contributed by atoms with Crippen molar-refractivity contribution in [1.82, 2.24) is 0 Å². The fourth-order valence-corrected chi connectivity index (χ4v) is 15.0. The minimum absolute atomic E-state index is 0.602. The van der Waals surface area contributed by atoms with Gasteiger partial charge in [0.1, 0.15) is 0 Å². The molecule has 1 aliphatic heterocycles. The standard InChI is InChI=1S/C10H26O5Si3/c1-7-9-11-18(12-10-8-2)14-16(3,4)13-17(5,6)15-18/h7-10H2,1-6H3. The predicted molar refractivity (Wildman–Crippen MR) is 76.5 cm³/mol. The van der Waals surface area contributed by atoms with E-state index in [4.69, 9.17) is 21.2 Å². The van der Waals surface area contributed by atoms with Gasteiger partial charge in [-0.05, 0) is 39.0 Å². The lowest BCUT2D eigenvalue weighted by Gasteiger charge is -2.46. The summed E-state index contributed by atoms with van der Waals surface area (Å²) in [5, 5.41) is 0. The Morgan fingerprint density at radius 1 is 0.722 bits per heavy atom. The molecule has 0 amide bonds. The molecule has 1 rings (SSSR count). The SMILES string of the molecule is CCCO[Si]1(OCCC)O[Si](C)(C)O[Si](C)(C)O1. The largest absolute Gasteiger partial charge is 0.661 e. The fourth-order valence-electron chi connectivity index (χ4n) is 1.87. The average Bonchev–Trinajstić information content (AvgIpc) is 2.19. The first-order valence-electron chi connectivity index (χ1n) is 6.62. The summed E-state index contributed by atoms with van der Waals surface area (Å²) < 4.78 is 29.7. The molecule has 1 saturated heterocycles. The number of hydrogen-bond donors (Lipinski definition) is 0. The van der Waals surface area contributed by atoms with E-state index in [1.807, 2.05) is 26.2 Å². The molecule has 0 atom stereocenters. The summed E-state index contributed by atoms with van der Waals surface area (Å²) in [6, 6.07) is 0. The van der Waals surface area contributed by atoms with Gasteiger partial charge in [-0.3, -0.25) is 0 Å². The summed E-state index contributed by atoms with van der Waals surface area (Å²) in [6.45, 7) is 13.4. The summed E-state index contributed by atoms with van der Waals surface area (Å²) >= 11 is 0. The zero-order chi connectivity index (χ0) is 13.9. The monoisotopic (exact) mass is 310 g/mol. The van der Waals surface area contributed by atoms with Crippen molar-refractivity contribution in [1.29, 1.82) is 0 Å². The highest BCUT2D eigenvalue weighted by atomic mass is 28.5. The van der Waals surface area contributed by atoms with Crippen LogP contribution in [0.5, 0.6) is 0 Å². The third-order valence-electron chi connectivity index (χ3n) is 2.20. The van der Waals surface area contributed by atoms with Crippen molar-refractivity contribution in [2.24, 2.45) is 0 Å². The van der Waals surface area contributed by atoms with Crippen LogP contribution in [0.15, 0.2) is 0 Å². The molecule has 1 aliphatic rings. The maximum absolute atomic E-state index is 6.02. The lowest BCUT2D eigenvalue weighted by atomic mass is 10.5. The summed E-state index contributed by atoms with van der Waals surface area (Å²) in [5.41, 5.74) is 0. The molecule has 0 spiro atoms. The van der Waals surface area contributed by atoms with Gasteiger partial charge in [0.05, 0.1) is 0 Å². The Balaban J connectivity index is 2.85.